The lowest BCUT2D eigenvalue weighted by Gasteiger charge is -2.34. The molecule has 1 fully saturated rings. The minimum absolute atomic E-state index is 0.270. The topological polar surface area (TPSA) is 38.9 Å². The predicted molar refractivity (Wildman–Crippen MR) is 70.7 cm³/mol. The smallest absolute Gasteiger partial charge is 0.149 e. The van der Waals surface area contributed by atoms with E-state index in [-0.39, 0.29) is 11.4 Å². The fraction of sp³-hybridized carbons (Fsp3) is 0.400. The van der Waals surface area contributed by atoms with Crippen LogP contribution in [0.25, 0.3) is 10.9 Å². The molecule has 0 saturated heterocycles. The van der Waals surface area contributed by atoms with E-state index in [1.54, 1.807) is 12.3 Å². The molecule has 0 atom stereocenters. The van der Waals surface area contributed by atoms with E-state index >= 15 is 0 Å². The molecule has 2 nitrogen and oxygen atoms in total. The predicted octanol–water partition coefficient (Wildman–Crippen LogP) is 3.49. The van der Waals surface area contributed by atoms with Gasteiger partial charge in [-0.2, -0.15) is 0 Å². The first-order valence-corrected chi connectivity index (χ1v) is 6.53. The third-order valence-electron chi connectivity index (χ3n) is 4.00. The van der Waals surface area contributed by atoms with Crippen molar-refractivity contribution < 1.29 is 4.39 Å². The van der Waals surface area contributed by atoms with Crippen molar-refractivity contribution in [1.82, 2.24) is 4.98 Å². The van der Waals surface area contributed by atoms with Crippen LogP contribution in [-0.4, -0.2) is 4.98 Å². The Hall–Kier alpha value is -1.48. The molecule has 1 aromatic heterocycles. The van der Waals surface area contributed by atoms with Gasteiger partial charge in [0.15, 0.2) is 0 Å². The highest BCUT2D eigenvalue weighted by Crippen LogP contribution is 2.37. The first-order valence-electron chi connectivity index (χ1n) is 6.53. The van der Waals surface area contributed by atoms with Gasteiger partial charge in [-0.3, -0.25) is 4.98 Å². The first-order chi connectivity index (χ1) is 8.71. The summed E-state index contributed by atoms with van der Waals surface area (Å²) in [5, 5.41) is 0.863. The number of pyridine rings is 1. The van der Waals surface area contributed by atoms with Gasteiger partial charge in [0.1, 0.15) is 11.3 Å². The number of rotatable bonds is 1. The van der Waals surface area contributed by atoms with Gasteiger partial charge in [-0.1, -0.05) is 31.4 Å². The van der Waals surface area contributed by atoms with Crippen LogP contribution in [-0.2, 0) is 5.54 Å². The van der Waals surface area contributed by atoms with Crippen molar-refractivity contribution >= 4 is 10.9 Å². The van der Waals surface area contributed by atoms with E-state index < -0.39 is 0 Å². The number of benzene rings is 1. The molecule has 94 valence electrons. The quantitative estimate of drug-likeness (QED) is 0.834. The van der Waals surface area contributed by atoms with Crippen molar-refractivity contribution in [3.63, 3.8) is 0 Å². The number of aromatic nitrogens is 1. The fourth-order valence-electron chi connectivity index (χ4n) is 3.03. The Balaban J connectivity index is 2.20. The third-order valence-corrected chi connectivity index (χ3v) is 4.00. The fourth-order valence-corrected chi connectivity index (χ4v) is 3.03. The number of fused-ring (bicyclic) bond motifs is 1. The number of nitrogens with zero attached hydrogens (tertiary/aromatic N) is 1. The van der Waals surface area contributed by atoms with E-state index in [0.717, 1.165) is 36.6 Å². The Labute approximate surface area is 106 Å². The summed E-state index contributed by atoms with van der Waals surface area (Å²) in [6.07, 6.45) is 7.16. The summed E-state index contributed by atoms with van der Waals surface area (Å²) in [5.74, 6) is -0.270. The van der Waals surface area contributed by atoms with Crippen LogP contribution < -0.4 is 5.73 Å². The highest BCUT2D eigenvalue weighted by atomic mass is 19.1. The molecular weight excluding hydrogens is 227 g/mol. The van der Waals surface area contributed by atoms with Gasteiger partial charge in [-0.15, -0.1) is 0 Å². The Kier molecular flexibility index (Phi) is 2.78. The van der Waals surface area contributed by atoms with Crippen molar-refractivity contribution in [3.8, 4) is 0 Å². The Morgan fingerprint density at radius 1 is 1.11 bits per heavy atom. The molecule has 2 N–H and O–H groups in total. The van der Waals surface area contributed by atoms with Gasteiger partial charge < -0.3 is 5.73 Å². The lowest BCUT2D eigenvalue weighted by molar-refractivity contribution is 0.304. The molecule has 3 rings (SSSR count). The van der Waals surface area contributed by atoms with Crippen LogP contribution in [0.5, 0.6) is 0 Å². The van der Waals surface area contributed by atoms with Gasteiger partial charge in [0.05, 0.1) is 0 Å². The van der Waals surface area contributed by atoms with Crippen molar-refractivity contribution in [1.29, 1.82) is 0 Å². The highest BCUT2D eigenvalue weighted by molar-refractivity contribution is 5.83. The van der Waals surface area contributed by atoms with Gasteiger partial charge in [0.2, 0.25) is 0 Å². The lowest BCUT2D eigenvalue weighted by Crippen LogP contribution is -2.38. The van der Waals surface area contributed by atoms with Crippen molar-refractivity contribution in [2.75, 3.05) is 0 Å². The molecule has 18 heavy (non-hydrogen) atoms. The first kappa shape index (κ1) is 11.6. The third kappa shape index (κ3) is 1.79. The van der Waals surface area contributed by atoms with Crippen LogP contribution in [0.1, 0.15) is 37.7 Å². The average molecular weight is 244 g/mol. The molecule has 0 unspecified atom stereocenters. The summed E-state index contributed by atoms with van der Waals surface area (Å²) < 4.78 is 13.8. The highest BCUT2D eigenvalue weighted by Gasteiger charge is 2.31. The number of hydrogen-bond acceptors (Lipinski definition) is 2. The average Bonchev–Trinajstić information content (AvgIpc) is 2.39. The summed E-state index contributed by atoms with van der Waals surface area (Å²) in [7, 11) is 0. The number of hydrogen-bond donors (Lipinski definition) is 1. The molecule has 2 aromatic rings. The largest absolute Gasteiger partial charge is 0.321 e. The van der Waals surface area contributed by atoms with E-state index in [2.05, 4.69) is 4.98 Å². The van der Waals surface area contributed by atoms with Gasteiger partial charge in [0.25, 0.3) is 0 Å². The van der Waals surface area contributed by atoms with E-state index in [9.17, 15) is 4.39 Å². The van der Waals surface area contributed by atoms with Crippen LogP contribution in [0.4, 0.5) is 4.39 Å². The molecule has 3 heteroatoms. The van der Waals surface area contributed by atoms with E-state index in [1.165, 1.54) is 12.5 Å². The molecule has 1 aliphatic rings. The monoisotopic (exact) mass is 244 g/mol. The van der Waals surface area contributed by atoms with E-state index in [0.29, 0.717) is 5.52 Å². The Bertz CT molecular complexity index is 574. The summed E-state index contributed by atoms with van der Waals surface area (Å²) in [6.45, 7) is 0. The second kappa shape index (κ2) is 4.32. The number of para-hydroxylation sites is 1. The minimum atomic E-state index is -0.312. The maximum absolute atomic E-state index is 13.8. The molecule has 0 aliphatic heterocycles. The maximum Gasteiger partial charge on any atom is 0.149 e. The van der Waals surface area contributed by atoms with Gasteiger partial charge in [-0.05, 0) is 30.5 Å². The summed E-state index contributed by atoms with van der Waals surface area (Å²) in [6, 6.07) is 7.05. The molecule has 1 heterocycles. The van der Waals surface area contributed by atoms with Gasteiger partial charge in [-0.25, -0.2) is 4.39 Å². The van der Waals surface area contributed by atoms with Crippen LogP contribution in [0.2, 0.25) is 0 Å². The minimum Gasteiger partial charge on any atom is -0.321 e. The van der Waals surface area contributed by atoms with Crippen LogP contribution in [0.15, 0.2) is 30.5 Å². The summed E-state index contributed by atoms with van der Waals surface area (Å²) in [4.78, 5) is 4.14. The molecule has 1 saturated carbocycles. The van der Waals surface area contributed by atoms with Gasteiger partial charge >= 0.3 is 0 Å². The molecular formula is C15H17FN2. The second-order valence-corrected chi connectivity index (χ2v) is 5.21. The van der Waals surface area contributed by atoms with Crippen LogP contribution >= 0.6 is 0 Å². The van der Waals surface area contributed by atoms with Crippen LogP contribution in [0.3, 0.4) is 0 Å². The van der Waals surface area contributed by atoms with E-state index in [4.69, 9.17) is 5.73 Å². The van der Waals surface area contributed by atoms with E-state index in [1.807, 2.05) is 12.1 Å². The maximum atomic E-state index is 13.8. The zero-order valence-electron chi connectivity index (χ0n) is 10.3. The number of nitrogens with two attached hydrogens (primary N) is 1. The van der Waals surface area contributed by atoms with Crippen molar-refractivity contribution in [3.05, 3.63) is 41.8 Å². The zero-order chi connectivity index (χ0) is 12.6. The second-order valence-electron chi connectivity index (χ2n) is 5.21. The zero-order valence-corrected chi connectivity index (χ0v) is 10.3. The molecule has 0 amide bonds. The molecule has 0 spiro atoms. The molecule has 0 bridgehead atoms. The lowest BCUT2D eigenvalue weighted by atomic mass is 9.76. The SMILES string of the molecule is NC1(c2ccnc3c(F)cccc23)CCCCC1. The summed E-state index contributed by atoms with van der Waals surface area (Å²) in [5.41, 5.74) is 7.72. The molecule has 1 aromatic carbocycles. The Morgan fingerprint density at radius 2 is 1.89 bits per heavy atom. The molecule has 0 radical (unpaired) electrons. The van der Waals surface area contributed by atoms with Crippen molar-refractivity contribution in [2.24, 2.45) is 5.73 Å². The number of halogens is 1. The molecule has 1 aliphatic carbocycles. The van der Waals surface area contributed by atoms with Crippen molar-refractivity contribution in [2.45, 2.75) is 37.6 Å². The van der Waals surface area contributed by atoms with Crippen LogP contribution in [0, 0.1) is 5.82 Å². The standard InChI is InChI=1S/C15H17FN2/c16-13-6-4-5-11-12(7-10-18-14(11)13)15(17)8-2-1-3-9-15/h4-7,10H,1-3,8-9,17H2. The normalized spacial score (nSPS) is 19.0. The summed E-state index contributed by atoms with van der Waals surface area (Å²) >= 11 is 0. The Morgan fingerprint density at radius 3 is 2.67 bits per heavy atom. The van der Waals surface area contributed by atoms with Gasteiger partial charge in [0, 0.05) is 17.1 Å².